The Morgan fingerprint density at radius 3 is 2.56 bits per heavy atom. The summed E-state index contributed by atoms with van der Waals surface area (Å²) in [5, 5.41) is 14.2. The van der Waals surface area contributed by atoms with Crippen molar-refractivity contribution in [3.63, 3.8) is 0 Å². The number of amides is 1. The first-order valence-electron chi connectivity index (χ1n) is 6.05. The van der Waals surface area contributed by atoms with Crippen LogP contribution in [0.1, 0.15) is 24.2 Å². The van der Waals surface area contributed by atoms with Gasteiger partial charge in [0.1, 0.15) is 0 Å². The minimum Gasteiger partial charge on any atom is -0.395 e. The van der Waals surface area contributed by atoms with Crippen LogP contribution in [-0.4, -0.2) is 40.7 Å². The molecule has 0 radical (unpaired) electrons. The van der Waals surface area contributed by atoms with Crippen molar-refractivity contribution in [3.8, 4) is 0 Å². The molecule has 0 saturated carbocycles. The first-order valence-corrected chi connectivity index (χ1v) is 6.05. The molecule has 1 aromatic heterocycles. The Morgan fingerprint density at radius 2 is 1.94 bits per heavy atom. The van der Waals surface area contributed by atoms with Crippen LogP contribution >= 0.6 is 0 Å². The van der Waals surface area contributed by atoms with Gasteiger partial charge in [0, 0.05) is 30.9 Å². The summed E-state index contributed by atoms with van der Waals surface area (Å²) in [6.45, 7) is 4.77. The molecule has 0 aliphatic rings. The Balaban J connectivity index is 2.23. The molecule has 1 heterocycles. The second kappa shape index (κ2) is 7.60. The van der Waals surface area contributed by atoms with E-state index in [1.54, 1.807) is 0 Å². The zero-order valence-corrected chi connectivity index (χ0v) is 10.9. The van der Waals surface area contributed by atoms with Gasteiger partial charge in [-0.1, -0.05) is 0 Å². The number of nitrogens with one attached hydrogen (secondary N) is 2. The van der Waals surface area contributed by atoms with Crippen LogP contribution in [0, 0.1) is 13.8 Å². The van der Waals surface area contributed by atoms with Crippen LogP contribution < -0.4 is 10.6 Å². The van der Waals surface area contributed by atoms with Crippen LogP contribution in [0.2, 0.25) is 0 Å². The minimum atomic E-state index is -0.0489. The van der Waals surface area contributed by atoms with Crippen molar-refractivity contribution in [1.29, 1.82) is 0 Å². The molecule has 0 unspecified atom stereocenters. The summed E-state index contributed by atoms with van der Waals surface area (Å²) in [7, 11) is 0. The third kappa shape index (κ3) is 5.58. The highest BCUT2D eigenvalue weighted by molar-refractivity contribution is 5.75. The Morgan fingerprint density at radius 1 is 1.28 bits per heavy atom. The standard InChI is InChI=1S/C12H20N4O2/c1-9-8-10(2)16-12(15-9)14-5-3-4-11(18)13-6-7-17/h8,17H,3-7H2,1-2H3,(H,13,18)(H,14,15,16). The van der Waals surface area contributed by atoms with E-state index in [0.717, 1.165) is 11.4 Å². The number of aliphatic hydroxyl groups excluding tert-OH is 1. The number of anilines is 1. The number of nitrogens with zero attached hydrogens (tertiary/aromatic N) is 2. The van der Waals surface area contributed by atoms with Crippen LogP contribution in [-0.2, 0) is 4.79 Å². The maximum atomic E-state index is 11.2. The zero-order valence-electron chi connectivity index (χ0n) is 10.9. The first-order chi connectivity index (χ1) is 8.61. The summed E-state index contributed by atoms with van der Waals surface area (Å²) in [5.41, 5.74) is 1.84. The fourth-order valence-corrected chi connectivity index (χ4v) is 1.54. The lowest BCUT2D eigenvalue weighted by Gasteiger charge is -2.06. The van der Waals surface area contributed by atoms with Crippen molar-refractivity contribution < 1.29 is 9.90 Å². The van der Waals surface area contributed by atoms with E-state index < -0.39 is 0 Å². The number of rotatable bonds is 7. The SMILES string of the molecule is Cc1cc(C)nc(NCCCC(=O)NCCO)n1. The number of aromatic nitrogens is 2. The molecule has 6 heteroatoms. The molecule has 0 spiro atoms. The minimum absolute atomic E-state index is 0.0274. The smallest absolute Gasteiger partial charge is 0.223 e. The van der Waals surface area contributed by atoms with E-state index in [0.29, 0.717) is 31.9 Å². The molecular weight excluding hydrogens is 232 g/mol. The third-order valence-electron chi connectivity index (χ3n) is 2.28. The molecule has 0 fully saturated rings. The Kier molecular flexibility index (Phi) is 6.07. The molecule has 1 amide bonds. The second-order valence-corrected chi connectivity index (χ2v) is 4.08. The lowest BCUT2D eigenvalue weighted by Crippen LogP contribution is -2.26. The fraction of sp³-hybridized carbons (Fsp3) is 0.583. The zero-order chi connectivity index (χ0) is 13.4. The molecular formula is C12H20N4O2. The van der Waals surface area contributed by atoms with Gasteiger partial charge in [0.2, 0.25) is 11.9 Å². The van der Waals surface area contributed by atoms with Gasteiger partial charge in [0.05, 0.1) is 6.61 Å². The monoisotopic (exact) mass is 252 g/mol. The van der Waals surface area contributed by atoms with Crippen LogP contribution in [0.3, 0.4) is 0 Å². The molecule has 3 N–H and O–H groups in total. The maximum absolute atomic E-state index is 11.2. The lowest BCUT2D eigenvalue weighted by molar-refractivity contribution is -0.121. The van der Waals surface area contributed by atoms with Crippen LogP contribution in [0.4, 0.5) is 5.95 Å². The second-order valence-electron chi connectivity index (χ2n) is 4.08. The number of carbonyl (C=O) groups excluding carboxylic acids is 1. The van der Waals surface area contributed by atoms with E-state index in [2.05, 4.69) is 20.6 Å². The summed E-state index contributed by atoms with van der Waals surface area (Å²) in [5.74, 6) is 0.551. The van der Waals surface area contributed by atoms with Gasteiger partial charge < -0.3 is 15.7 Å². The normalized spacial score (nSPS) is 10.2. The van der Waals surface area contributed by atoms with E-state index in [1.807, 2.05) is 19.9 Å². The van der Waals surface area contributed by atoms with E-state index >= 15 is 0 Å². The number of hydrogen-bond acceptors (Lipinski definition) is 5. The van der Waals surface area contributed by atoms with E-state index in [-0.39, 0.29) is 12.5 Å². The van der Waals surface area contributed by atoms with Gasteiger partial charge in [-0.15, -0.1) is 0 Å². The lowest BCUT2D eigenvalue weighted by atomic mass is 10.3. The van der Waals surface area contributed by atoms with Crippen LogP contribution in [0.25, 0.3) is 0 Å². The number of aliphatic hydroxyl groups is 1. The van der Waals surface area contributed by atoms with Crippen LogP contribution in [0.15, 0.2) is 6.07 Å². The highest BCUT2D eigenvalue weighted by Gasteiger charge is 2.01. The van der Waals surface area contributed by atoms with E-state index in [9.17, 15) is 4.79 Å². The highest BCUT2D eigenvalue weighted by Crippen LogP contribution is 2.03. The quantitative estimate of drug-likeness (QED) is 0.611. The van der Waals surface area contributed by atoms with Gasteiger partial charge in [-0.05, 0) is 26.3 Å². The van der Waals surface area contributed by atoms with Gasteiger partial charge in [-0.3, -0.25) is 4.79 Å². The number of hydrogen-bond donors (Lipinski definition) is 3. The summed E-state index contributed by atoms with van der Waals surface area (Å²) < 4.78 is 0. The molecule has 0 aliphatic carbocycles. The van der Waals surface area contributed by atoms with Gasteiger partial charge in [0.15, 0.2) is 0 Å². The van der Waals surface area contributed by atoms with Gasteiger partial charge >= 0.3 is 0 Å². The summed E-state index contributed by atoms with van der Waals surface area (Å²) >= 11 is 0. The van der Waals surface area contributed by atoms with Crippen molar-refractivity contribution in [2.75, 3.05) is 25.0 Å². The summed E-state index contributed by atoms with van der Waals surface area (Å²) in [6, 6.07) is 1.91. The molecule has 0 aromatic carbocycles. The topological polar surface area (TPSA) is 87.1 Å². The fourth-order valence-electron chi connectivity index (χ4n) is 1.54. The summed E-state index contributed by atoms with van der Waals surface area (Å²) in [4.78, 5) is 19.7. The third-order valence-corrected chi connectivity index (χ3v) is 2.28. The molecule has 100 valence electrons. The predicted octanol–water partition coefficient (Wildman–Crippen LogP) is 0.394. The van der Waals surface area contributed by atoms with Crippen molar-refractivity contribution in [2.45, 2.75) is 26.7 Å². The largest absolute Gasteiger partial charge is 0.395 e. The van der Waals surface area contributed by atoms with Crippen LogP contribution in [0.5, 0.6) is 0 Å². The molecule has 0 saturated heterocycles. The van der Waals surface area contributed by atoms with Gasteiger partial charge in [0.25, 0.3) is 0 Å². The first kappa shape index (κ1) is 14.4. The highest BCUT2D eigenvalue weighted by atomic mass is 16.3. The average Bonchev–Trinajstić information content (AvgIpc) is 2.31. The molecule has 0 bridgehead atoms. The van der Waals surface area contributed by atoms with Gasteiger partial charge in [-0.25, -0.2) is 9.97 Å². The molecule has 0 aliphatic heterocycles. The Bertz CT molecular complexity index is 375. The maximum Gasteiger partial charge on any atom is 0.223 e. The number of aryl methyl sites for hydroxylation is 2. The van der Waals surface area contributed by atoms with Crippen molar-refractivity contribution in [1.82, 2.24) is 15.3 Å². The molecule has 1 rings (SSSR count). The van der Waals surface area contributed by atoms with Crippen molar-refractivity contribution in [2.24, 2.45) is 0 Å². The molecule has 18 heavy (non-hydrogen) atoms. The summed E-state index contributed by atoms with van der Waals surface area (Å²) in [6.07, 6.45) is 1.13. The molecule has 0 atom stereocenters. The Labute approximate surface area is 107 Å². The van der Waals surface area contributed by atoms with Crippen molar-refractivity contribution >= 4 is 11.9 Å². The van der Waals surface area contributed by atoms with Gasteiger partial charge in [-0.2, -0.15) is 0 Å². The van der Waals surface area contributed by atoms with Crippen molar-refractivity contribution in [3.05, 3.63) is 17.5 Å². The average molecular weight is 252 g/mol. The molecule has 1 aromatic rings. The molecule has 6 nitrogen and oxygen atoms in total. The Hall–Kier alpha value is -1.69. The predicted molar refractivity (Wildman–Crippen MR) is 69.3 cm³/mol. The van der Waals surface area contributed by atoms with E-state index in [4.69, 9.17) is 5.11 Å². The van der Waals surface area contributed by atoms with E-state index in [1.165, 1.54) is 0 Å². The number of carbonyl (C=O) groups is 1.